The highest BCUT2D eigenvalue weighted by atomic mass is 79.9. The number of alkyl halides is 3. The van der Waals surface area contributed by atoms with Gasteiger partial charge in [-0.2, -0.15) is 13.2 Å². The highest BCUT2D eigenvalue weighted by Gasteiger charge is 2.30. The molecule has 2 rings (SSSR count). The predicted molar refractivity (Wildman–Crippen MR) is 74.6 cm³/mol. The monoisotopic (exact) mass is 345 g/mol. The first-order valence-corrected chi connectivity index (χ1v) is 6.54. The van der Waals surface area contributed by atoms with E-state index in [1.165, 1.54) is 12.1 Å². The second-order valence-electron chi connectivity index (χ2n) is 4.22. The lowest BCUT2D eigenvalue weighted by Gasteiger charge is -2.12. The molecule has 0 bridgehead atoms. The average Bonchev–Trinajstić information content (AvgIpc) is 2.36. The van der Waals surface area contributed by atoms with Gasteiger partial charge in [-0.15, -0.1) is 0 Å². The summed E-state index contributed by atoms with van der Waals surface area (Å²) in [4.78, 5) is 0. The van der Waals surface area contributed by atoms with Crippen LogP contribution in [0.15, 0.2) is 46.9 Å². The second-order valence-corrected chi connectivity index (χ2v) is 5.07. The fraction of sp³-hybridized carbons (Fsp3) is 0.143. The molecule has 0 aliphatic heterocycles. The normalized spacial score (nSPS) is 11.4. The molecule has 2 aromatic rings. The maximum atomic E-state index is 12.6. The number of hydrogen-bond acceptors (Lipinski definition) is 2. The fourth-order valence-electron chi connectivity index (χ4n) is 1.70. The molecule has 0 amide bonds. The number of phenolic OH excluding ortho intramolecular Hbond substituents is 1. The Morgan fingerprint density at radius 3 is 2.50 bits per heavy atom. The van der Waals surface area contributed by atoms with Gasteiger partial charge in [0.1, 0.15) is 5.75 Å². The van der Waals surface area contributed by atoms with Crippen LogP contribution < -0.4 is 5.32 Å². The number of anilines is 1. The molecule has 0 aliphatic rings. The summed E-state index contributed by atoms with van der Waals surface area (Å²) in [5.74, 6) is 0.118. The van der Waals surface area contributed by atoms with Crippen molar-refractivity contribution in [3.8, 4) is 5.75 Å². The van der Waals surface area contributed by atoms with Crippen LogP contribution in [0.2, 0.25) is 0 Å². The van der Waals surface area contributed by atoms with Crippen LogP contribution in [0.4, 0.5) is 18.9 Å². The van der Waals surface area contributed by atoms with Crippen molar-refractivity contribution in [2.24, 2.45) is 0 Å². The molecule has 0 spiro atoms. The molecule has 0 heterocycles. The topological polar surface area (TPSA) is 32.3 Å². The molecule has 0 saturated heterocycles. The van der Waals surface area contributed by atoms with Crippen molar-refractivity contribution in [2.75, 3.05) is 5.32 Å². The van der Waals surface area contributed by atoms with Crippen LogP contribution in [-0.4, -0.2) is 5.11 Å². The van der Waals surface area contributed by atoms with E-state index in [1.54, 1.807) is 18.2 Å². The zero-order valence-electron chi connectivity index (χ0n) is 10.2. The van der Waals surface area contributed by atoms with Crippen LogP contribution in [0.25, 0.3) is 0 Å². The van der Waals surface area contributed by atoms with Crippen LogP contribution in [-0.2, 0) is 12.7 Å². The lowest BCUT2D eigenvalue weighted by Crippen LogP contribution is -2.07. The number of phenols is 1. The maximum Gasteiger partial charge on any atom is 0.416 e. The van der Waals surface area contributed by atoms with Gasteiger partial charge in [0.05, 0.1) is 5.56 Å². The Bertz CT molecular complexity index is 614. The second kappa shape index (κ2) is 5.75. The number of hydrogen-bond donors (Lipinski definition) is 2. The third kappa shape index (κ3) is 3.66. The van der Waals surface area contributed by atoms with Crippen molar-refractivity contribution in [3.63, 3.8) is 0 Å². The van der Waals surface area contributed by atoms with Crippen molar-refractivity contribution in [2.45, 2.75) is 12.7 Å². The predicted octanol–water partition coefficient (Wildman–Crippen LogP) is 4.79. The van der Waals surface area contributed by atoms with E-state index in [9.17, 15) is 18.3 Å². The molecule has 0 atom stereocenters. The van der Waals surface area contributed by atoms with E-state index in [4.69, 9.17) is 0 Å². The van der Waals surface area contributed by atoms with Crippen molar-refractivity contribution >= 4 is 21.6 Å². The molecule has 0 saturated carbocycles. The molecule has 2 N–H and O–H groups in total. The van der Waals surface area contributed by atoms with E-state index in [0.717, 1.165) is 17.7 Å². The molecule has 0 unspecified atom stereocenters. The van der Waals surface area contributed by atoms with E-state index in [1.807, 2.05) is 0 Å². The number of benzene rings is 2. The largest absolute Gasteiger partial charge is 0.508 e. The Hall–Kier alpha value is -1.69. The van der Waals surface area contributed by atoms with E-state index in [2.05, 4.69) is 21.2 Å². The molecule has 0 aromatic heterocycles. The standard InChI is InChI=1S/C14H11BrF3NO/c15-12-5-4-10(14(16,17)18)7-13(12)19-8-9-2-1-3-11(20)6-9/h1-7,19-20H,8H2. The van der Waals surface area contributed by atoms with Gasteiger partial charge < -0.3 is 10.4 Å². The Kier molecular flexibility index (Phi) is 4.23. The Balaban J connectivity index is 2.17. The Labute approximate surface area is 122 Å². The first-order valence-electron chi connectivity index (χ1n) is 5.75. The average molecular weight is 346 g/mol. The van der Waals surface area contributed by atoms with Gasteiger partial charge in [-0.05, 0) is 51.8 Å². The lowest BCUT2D eigenvalue weighted by atomic mass is 10.1. The van der Waals surface area contributed by atoms with Gasteiger partial charge in [-0.1, -0.05) is 12.1 Å². The SMILES string of the molecule is Oc1cccc(CNc2cc(C(F)(F)F)ccc2Br)c1. The summed E-state index contributed by atoms with van der Waals surface area (Å²) in [6.07, 6.45) is -4.37. The Morgan fingerprint density at radius 1 is 1.10 bits per heavy atom. The summed E-state index contributed by atoms with van der Waals surface area (Å²) in [6, 6.07) is 9.95. The van der Waals surface area contributed by atoms with Crippen molar-refractivity contribution in [1.29, 1.82) is 0 Å². The van der Waals surface area contributed by atoms with Gasteiger partial charge in [-0.25, -0.2) is 0 Å². The number of aromatic hydroxyl groups is 1. The molecule has 106 valence electrons. The molecule has 0 aliphatic carbocycles. The molecule has 2 nitrogen and oxygen atoms in total. The number of rotatable bonds is 3. The zero-order valence-corrected chi connectivity index (χ0v) is 11.8. The molecule has 6 heteroatoms. The minimum absolute atomic E-state index is 0.118. The summed E-state index contributed by atoms with van der Waals surface area (Å²) >= 11 is 3.21. The lowest BCUT2D eigenvalue weighted by molar-refractivity contribution is -0.137. The third-order valence-electron chi connectivity index (χ3n) is 2.69. The van der Waals surface area contributed by atoms with E-state index >= 15 is 0 Å². The smallest absolute Gasteiger partial charge is 0.416 e. The molecule has 20 heavy (non-hydrogen) atoms. The zero-order chi connectivity index (χ0) is 14.8. The van der Waals surface area contributed by atoms with Crippen molar-refractivity contribution < 1.29 is 18.3 Å². The molecule has 0 radical (unpaired) electrons. The summed E-state index contributed by atoms with van der Waals surface area (Å²) < 4.78 is 38.5. The van der Waals surface area contributed by atoms with Crippen LogP contribution in [0.1, 0.15) is 11.1 Å². The molecule has 0 fully saturated rings. The molecular formula is C14H11BrF3NO. The van der Waals surface area contributed by atoms with Crippen molar-refractivity contribution in [1.82, 2.24) is 0 Å². The minimum Gasteiger partial charge on any atom is -0.508 e. The maximum absolute atomic E-state index is 12.6. The van der Waals surface area contributed by atoms with E-state index in [0.29, 0.717) is 16.7 Å². The van der Waals surface area contributed by atoms with Crippen molar-refractivity contribution in [3.05, 3.63) is 58.1 Å². The van der Waals surface area contributed by atoms with Gasteiger partial charge in [0.25, 0.3) is 0 Å². The fourth-order valence-corrected chi connectivity index (χ4v) is 2.09. The van der Waals surface area contributed by atoms with Crippen LogP contribution in [0.3, 0.4) is 0 Å². The van der Waals surface area contributed by atoms with Crippen LogP contribution in [0.5, 0.6) is 5.75 Å². The summed E-state index contributed by atoms with van der Waals surface area (Å²) in [6.45, 7) is 0.314. The van der Waals surface area contributed by atoms with E-state index in [-0.39, 0.29) is 5.75 Å². The van der Waals surface area contributed by atoms with Crippen LogP contribution in [0, 0.1) is 0 Å². The Morgan fingerprint density at radius 2 is 1.85 bits per heavy atom. The summed E-state index contributed by atoms with van der Waals surface area (Å²) in [7, 11) is 0. The van der Waals surface area contributed by atoms with E-state index < -0.39 is 11.7 Å². The van der Waals surface area contributed by atoms with Gasteiger partial charge in [-0.3, -0.25) is 0 Å². The third-order valence-corrected chi connectivity index (χ3v) is 3.38. The molecule has 2 aromatic carbocycles. The highest BCUT2D eigenvalue weighted by molar-refractivity contribution is 9.10. The quantitative estimate of drug-likeness (QED) is 0.838. The molecular weight excluding hydrogens is 335 g/mol. The first-order chi connectivity index (χ1) is 9.36. The highest BCUT2D eigenvalue weighted by Crippen LogP contribution is 2.34. The minimum atomic E-state index is -4.37. The number of nitrogens with one attached hydrogen (secondary N) is 1. The summed E-state index contributed by atoms with van der Waals surface area (Å²) in [5, 5.41) is 12.2. The summed E-state index contributed by atoms with van der Waals surface area (Å²) in [5.41, 5.74) is 0.414. The first kappa shape index (κ1) is 14.7. The van der Waals surface area contributed by atoms with Crippen LogP contribution >= 0.6 is 15.9 Å². The van der Waals surface area contributed by atoms with Gasteiger partial charge in [0.2, 0.25) is 0 Å². The van der Waals surface area contributed by atoms with Gasteiger partial charge in [0.15, 0.2) is 0 Å². The number of halogens is 4. The van der Waals surface area contributed by atoms with Gasteiger partial charge in [0, 0.05) is 16.7 Å². The van der Waals surface area contributed by atoms with Gasteiger partial charge >= 0.3 is 6.18 Å².